The standard InChI is InChI=1S/C25H22F4N6O2/c26-18-10-15(11-22(36)37)13-31-24(18)35-7-1-6-34(8-9-35)21-5-2-16(14-30-21)23-32-19-4-3-17(25(27,28)29)12-20(19)33-23/h2-5,10,12-14H,1,6-9,11H2,(H,32,33)(H,36,37). The SMILES string of the molecule is O=C(O)Cc1cnc(N2CCCN(c3ccc(-c4nc5ccc(C(F)(F)F)cc5[nH]4)cn3)CC2)c(F)c1. The highest BCUT2D eigenvalue weighted by Gasteiger charge is 2.30. The Labute approximate surface area is 208 Å². The van der Waals surface area contributed by atoms with Crippen LogP contribution >= 0.6 is 0 Å². The summed E-state index contributed by atoms with van der Waals surface area (Å²) in [5.74, 6) is -0.274. The predicted molar refractivity (Wildman–Crippen MR) is 129 cm³/mol. The number of aromatic nitrogens is 4. The van der Waals surface area contributed by atoms with Crippen LogP contribution in [0.4, 0.5) is 29.2 Å². The monoisotopic (exact) mass is 514 g/mol. The number of carbonyl (C=O) groups is 1. The van der Waals surface area contributed by atoms with Gasteiger partial charge >= 0.3 is 12.1 Å². The molecular formula is C25H22F4N6O2. The number of H-pyrrole nitrogens is 1. The van der Waals surface area contributed by atoms with Crippen molar-refractivity contribution in [3.8, 4) is 11.4 Å². The molecule has 1 fully saturated rings. The van der Waals surface area contributed by atoms with Gasteiger partial charge < -0.3 is 19.9 Å². The quantitative estimate of drug-likeness (QED) is 0.378. The van der Waals surface area contributed by atoms with Gasteiger partial charge in [-0.05, 0) is 48.4 Å². The summed E-state index contributed by atoms with van der Waals surface area (Å²) in [6.07, 6.45) is -0.994. The van der Waals surface area contributed by atoms with Gasteiger partial charge in [0.25, 0.3) is 0 Å². The Morgan fingerprint density at radius 1 is 1.00 bits per heavy atom. The van der Waals surface area contributed by atoms with Crippen LogP contribution in [0.1, 0.15) is 17.5 Å². The number of anilines is 2. The van der Waals surface area contributed by atoms with Gasteiger partial charge in [0.05, 0.1) is 23.0 Å². The number of nitrogens with one attached hydrogen (secondary N) is 1. The van der Waals surface area contributed by atoms with Gasteiger partial charge in [0.2, 0.25) is 0 Å². The van der Waals surface area contributed by atoms with Crippen LogP contribution < -0.4 is 9.80 Å². The number of fused-ring (bicyclic) bond motifs is 1. The molecule has 192 valence electrons. The molecule has 0 spiro atoms. The molecule has 1 aliphatic heterocycles. The number of carboxylic acids is 1. The van der Waals surface area contributed by atoms with Crippen LogP contribution in [-0.4, -0.2) is 57.2 Å². The maximum atomic E-state index is 14.6. The van der Waals surface area contributed by atoms with E-state index in [1.54, 1.807) is 12.3 Å². The molecule has 0 saturated carbocycles. The van der Waals surface area contributed by atoms with Gasteiger partial charge in [0, 0.05) is 44.1 Å². The van der Waals surface area contributed by atoms with Crippen molar-refractivity contribution >= 4 is 28.6 Å². The minimum absolute atomic E-state index is 0.192. The Bertz CT molecular complexity index is 1440. The molecule has 0 radical (unpaired) electrons. The zero-order chi connectivity index (χ0) is 26.2. The molecule has 1 saturated heterocycles. The van der Waals surface area contributed by atoms with E-state index < -0.39 is 23.5 Å². The van der Waals surface area contributed by atoms with E-state index in [0.717, 1.165) is 18.6 Å². The average molecular weight is 514 g/mol. The molecule has 0 aliphatic carbocycles. The van der Waals surface area contributed by atoms with Crippen LogP contribution in [0.15, 0.2) is 48.8 Å². The van der Waals surface area contributed by atoms with Gasteiger partial charge in [-0.1, -0.05) is 0 Å². The highest BCUT2D eigenvalue weighted by atomic mass is 19.4. The van der Waals surface area contributed by atoms with Crippen molar-refractivity contribution in [2.24, 2.45) is 0 Å². The highest BCUT2D eigenvalue weighted by Crippen LogP contribution is 2.32. The molecular weight excluding hydrogens is 492 g/mol. The topological polar surface area (TPSA) is 98.2 Å². The molecule has 2 N–H and O–H groups in total. The molecule has 37 heavy (non-hydrogen) atoms. The lowest BCUT2D eigenvalue weighted by Gasteiger charge is -2.24. The maximum absolute atomic E-state index is 14.6. The Kier molecular flexibility index (Phi) is 6.40. The molecule has 3 aromatic heterocycles. The van der Waals surface area contributed by atoms with Crippen LogP contribution in [0.5, 0.6) is 0 Å². The van der Waals surface area contributed by atoms with Crippen LogP contribution in [0.25, 0.3) is 22.4 Å². The number of imidazole rings is 1. The fourth-order valence-corrected chi connectivity index (χ4v) is 4.37. The minimum atomic E-state index is -4.43. The summed E-state index contributed by atoms with van der Waals surface area (Å²) in [7, 11) is 0. The minimum Gasteiger partial charge on any atom is -0.481 e. The fraction of sp³-hybridized carbons (Fsp3) is 0.280. The third-order valence-electron chi connectivity index (χ3n) is 6.18. The molecule has 1 aliphatic rings. The van der Waals surface area contributed by atoms with Crippen molar-refractivity contribution in [2.45, 2.75) is 19.0 Å². The number of pyridine rings is 2. The number of hydrogen-bond acceptors (Lipinski definition) is 6. The molecule has 12 heteroatoms. The second-order valence-electron chi connectivity index (χ2n) is 8.77. The van der Waals surface area contributed by atoms with Crippen molar-refractivity contribution in [3.05, 3.63) is 65.7 Å². The number of nitrogens with zero attached hydrogens (tertiary/aromatic N) is 5. The van der Waals surface area contributed by atoms with Gasteiger partial charge in [-0.25, -0.2) is 19.3 Å². The molecule has 8 nitrogen and oxygen atoms in total. The van der Waals surface area contributed by atoms with E-state index in [0.29, 0.717) is 60.0 Å². The third kappa shape index (κ3) is 5.32. The number of rotatable bonds is 5. The van der Waals surface area contributed by atoms with Crippen molar-refractivity contribution in [1.82, 2.24) is 19.9 Å². The summed E-state index contributed by atoms with van der Waals surface area (Å²) in [6.45, 7) is 2.33. The molecule has 4 aromatic rings. The molecule has 0 atom stereocenters. The Morgan fingerprint density at radius 3 is 2.49 bits per heavy atom. The van der Waals surface area contributed by atoms with Gasteiger partial charge in [-0.3, -0.25) is 4.79 Å². The number of alkyl halides is 3. The van der Waals surface area contributed by atoms with E-state index in [-0.39, 0.29) is 12.2 Å². The van der Waals surface area contributed by atoms with E-state index >= 15 is 0 Å². The van der Waals surface area contributed by atoms with Crippen molar-refractivity contribution in [3.63, 3.8) is 0 Å². The fourth-order valence-electron chi connectivity index (χ4n) is 4.37. The smallest absolute Gasteiger partial charge is 0.416 e. The highest BCUT2D eigenvalue weighted by molar-refractivity contribution is 5.80. The zero-order valence-corrected chi connectivity index (χ0v) is 19.5. The van der Waals surface area contributed by atoms with Gasteiger partial charge in [0.15, 0.2) is 11.6 Å². The van der Waals surface area contributed by atoms with Crippen molar-refractivity contribution in [1.29, 1.82) is 0 Å². The van der Waals surface area contributed by atoms with Crippen LogP contribution in [-0.2, 0) is 17.4 Å². The second kappa shape index (κ2) is 9.68. The first kappa shape index (κ1) is 24.5. The second-order valence-corrected chi connectivity index (χ2v) is 8.77. The number of carboxylic acid groups (broad SMARTS) is 1. The predicted octanol–water partition coefficient (Wildman–Crippen LogP) is 4.52. The van der Waals surface area contributed by atoms with E-state index in [2.05, 4.69) is 24.8 Å². The first-order chi connectivity index (χ1) is 17.7. The maximum Gasteiger partial charge on any atom is 0.416 e. The first-order valence-corrected chi connectivity index (χ1v) is 11.6. The summed E-state index contributed by atoms with van der Waals surface area (Å²) >= 11 is 0. The number of halogens is 4. The van der Waals surface area contributed by atoms with E-state index in [9.17, 15) is 22.4 Å². The molecule has 0 unspecified atom stereocenters. The summed E-state index contributed by atoms with van der Waals surface area (Å²) in [4.78, 5) is 30.7. The normalized spacial score (nSPS) is 14.7. The number of benzene rings is 1. The Hall–Kier alpha value is -4.22. The first-order valence-electron chi connectivity index (χ1n) is 11.6. The van der Waals surface area contributed by atoms with Crippen LogP contribution in [0.2, 0.25) is 0 Å². The van der Waals surface area contributed by atoms with E-state index in [4.69, 9.17) is 5.11 Å². The van der Waals surface area contributed by atoms with E-state index in [1.807, 2.05) is 11.0 Å². The number of hydrogen-bond donors (Lipinski definition) is 2. The summed E-state index contributed by atoms with van der Waals surface area (Å²) in [5.41, 5.74) is 0.914. The summed E-state index contributed by atoms with van der Waals surface area (Å²) in [5, 5.41) is 8.89. The summed E-state index contributed by atoms with van der Waals surface area (Å²) < 4.78 is 53.6. The molecule has 1 aromatic carbocycles. The van der Waals surface area contributed by atoms with Crippen molar-refractivity contribution < 1.29 is 27.5 Å². The van der Waals surface area contributed by atoms with E-state index in [1.165, 1.54) is 18.3 Å². The molecule has 5 rings (SSSR count). The zero-order valence-electron chi connectivity index (χ0n) is 19.5. The Morgan fingerprint density at radius 2 is 1.78 bits per heavy atom. The lowest BCUT2D eigenvalue weighted by Crippen LogP contribution is -2.32. The molecule has 4 heterocycles. The Balaban J connectivity index is 1.28. The van der Waals surface area contributed by atoms with Crippen LogP contribution in [0, 0.1) is 5.82 Å². The number of aliphatic carboxylic acids is 1. The third-order valence-corrected chi connectivity index (χ3v) is 6.18. The van der Waals surface area contributed by atoms with Crippen LogP contribution in [0.3, 0.4) is 0 Å². The summed E-state index contributed by atoms with van der Waals surface area (Å²) in [6, 6.07) is 8.20. The van der Waals surface area contributed by atoms with Gasteiger partial charge in [-0.15, -0.1) is 0 Å². The van der Waals surface area contributed by atoms with Gasteiger partial charge in [-0.2, -0.15) is 13.2 Å². The lowest BCUT2D eigenvalue weighted by atomic mass is 10.2. The average Bonchev–Trinajstić information content (AvgIpc) is 3.13. The number of aromatic amines is 1. The van der Waals surface area contributed by atoms with Gasteiger partial charge in [0.1, 0.15) is 11.6 Å². The lowest BCUT2D eigenvalue weighted by molar-refractivity contribution is -0.138. The molecule has 0 amide bonds. The largest absolute Gasteiger partial charge is 0.481 e. The van der Waals surface area contributed by atoms with Crippen molar-refractivity contribution in [2.75, 3.05) is 36.0 Å². The molecule has 0 bridgehead atoms.